The number of H-pyrrole nitrogens is 10. The van der Waals surface area contributed by atoms with Crippen molar-refractivity contribution in [1.29, 1.82) is 0 Å². The third kappa shape index (κ3) is 21.0. The highest BCUT2D eigenvalue weighted by Gasteiger charge is 2.25. The molecule has 12 N–H and O–H groups in total. The molecule has 0 radical (unpaired) electrons. The van der Waals surface area contributed by atoms with Crippen LogP contribution in [0.2, 0.25) is 0 Å². The predicted octanol–water partition coefficient (Wildman–Crippen LogP) is 27.0. The van der Waals surface area contributed by atoms with E-state index in [1.165, 1.54) is 25.5 Å². The molecule has 10 aromatic heterocycles. The second-order valence-corrected chi connectivity index (χ2v) is 36.8. The standard InChI is InChI=1S/C26H23N5.C25H23N5.C24H19N5O.C24H21N5.C21H21N5O/c1-2-8-18(9-3-1)24-17-27-25(30-24)20-10-4-5-11-21(20)26-28-22-13-12-19(16-23(22)29-26)31-14-6-7-15-31;1-16(2)27-18-12-13-21-22(14-18)29-25(28-21)20-11-7-6-10-19(20)24-26-15-23(30-24)17-8-4-3-5-9-17;1-15(30)26-17-11-12-20-21(13-17)28-24(27-20)19-10-6-5-9-18(19)23-25-14-22(29-23)16-7-3-2-4-8-16;1-29(2)17-12-13-20-21(14-17)27-24(26-20)19-11-7-6-10-18(19)23-25-15-22(28-23)16-8-4-3-5-9-16;1-13(2)26(14(3)27)15-8-9-18-19(12-15)25-21(24-18)17-7-5-4-6-16(17)20-22-10-11-23-20/h1-5,8-13,16-17H,6-7,14-15H2,(H,27,30)(H,28,29);3-16,27H,1-2H3,(H,26,30)(H,28,29);2-14H,1H3,(H,25,29)(H,26,30)(H,27,28);3-15H,1-2H3,(H,25,28)(H,26,27);4-13H,1-3H3,(H,22,23)(H,24,25). The van der Waals surface area contributed by atoms with Crippen LogP contribution in [-0.4, -0.2) is 151 Å². The molecule has 0 unspecified atom stereocenters. The van der Waals surface area contributed by atoms with Crippen LogP contribution in [0.4, 0.5) is 28.4 Å². The molecule has 1 aliphatic rings. The summed E-state index contributed by atoms with van der Waals surface area (Å²) in [6.07, 6.45) is 13.6. The number of carbonyl (C=O) groups is 2. The average Bonchev–Trinajstić information content (AvgIpc) is 2.28. The van der Waals surface area contributed by atoms with E-state index in [0.29, 0.717) is 6.04 Å². The van der Waals surface area contributed by atoms with Gasteiger partial charge in [-0.15, -0.1) is 0 Å². The summed E-state index contributed by atoms with van der Waals surface area (Å²) in [7, 11) is 4.07. The first-order valence-electron chi connectivity index (χ1n) is 49.1. The van der Waals surface area contributed by atoms with Gasteiger partial charge in [-0.25, -0.2) is 49.8 Å². The lowest BCUT2D eigenvalue weighted by atomic mass is 10.1. The first-order chi connectivity index (χ1) is 71.9. The highest BCUT2D eigenvalue weighted by atomic mass is 16.2. The quantitative estimate of drug-likeness (QED) is 0.0318. The van der Waals surface area contributed by atoms with Gasteiger partial charge >= 0.3 is 0 Å². The van der Waals surface area contributed by atoms with E-state index in [4.69, 9.17) is 24.9 Å². The Kier molecular flexibility index (Phi) is 27.1. The number of nitrogens with one attached hydrogen (secondary N) is 12. The fraction of sp³-hybridized carbons (Fsp3) is 0.117. The Morgan fingerprint density at radius 3 is 0.939 bits per heavy atom. The summed E-state index contributed by atoms with van der Waals surface area (Å²) in [6, 6.07) is 112. The molecule has 11 heterocycles. The summed E-state index contributed by atoms with van der Waals surface area (Å²) in [6.45, 7) is 13.6. The Bertz CT molecular complexity index is 8710. The number of anilines is 5. The number of amides is 2. The third-order valence-electron chi connectivity index (χ3n) is 25.6. The number of nitrogens with zero attached hydrogens (tertiary/aromatic N) is 13. The number of imidazole rings is 10. The van der Waals surface area contributed by atoms with Crippen LogP contribution < -0.4 is 25.3 Å². The molecule has 27 heteroatoms. The van der Waals surface area contributed by atoms with Gasteiger partial charge in [-0.05, 0) is 154 Å². The number of benzene rings is 14. The molecule has 0 saturated carbocycles. The van der Waals surface area contributed by atoms with Crippen LogP contribution in [0.5, 0.6) is 0 Å². The summed E-state index contributed by atoms with van der Waals surface area (Å²) >= 11 is 0. The van der Waals surface area contributed by atoms with Gasteiger partial charge in [0.1, 0.15) is 58.2 Å². The molecule has 0 aliphatic carbocycles. The molecule has 1 fully saturated rings. The summed E-state index contributed by atoms with van der Waals surface area (Å²) in [5, 5.41) is 6.24. The van der Waals surface area contributed by atoms with Gasteiger partial charge in [0.05, 0.1) is 103 Å². The zero-order chi connectivity index (χ0) is 100. The van der Waals surface area contributed by atoms with Crippen LogP contribution in [0, 0.1) is 0 Å². The van der Waals surface area contributed by atoms with Crippen LogP contribution in [0.3, 0.4) is 0 Å². The van der Waals surface area contributed by atoms with E-state index < -0.39 is 0 Å². The van der Waals surface area contributed by atoms with Crippen molar-refractivity contribution in [2.75, 3.05) is 52.5 Å². The SMILES string of the molecule is CC(=O)N(c1ccc2nc(-c3ccccc3-c3ncc[nH]3)[nH]c2c1)C(C)C.CC(=O)Nc1ccc2nc(-c3ccccc3-c3ncc(-c4ccccc4)[nH]3)[nH]c2c1.CC(C)Nc1ccc2nc(-c3ccccc3-c3ncc(-c4ccccc4)[nH]3)[nH]c2c1.CN(C)c1ccc2nc(-c3ccccc3-c3ncc(-c4ccccc4)[nH]3)[nH]c2c1.c1ccc(-c2cnc(-c3ccccc3-c3nc4ccc(N5CCCC5)cc4[nH]3)[nH]2)cc1. The Labute approximate surface area is 848 Å². The first kappa shape index (κ1) is 94.1. The van der Waals surface area contributed by atoms with E-state index in [1.54, 1.807) is 24.2 Å². The van der Waals surface area contributed by atoms with Crippen molar-refractivity contribution in [2.24, 2.45) is 0 Å². The molecule has 25 rings (SSSR count). The largest absolute Gasteiger partial charge is 0.383 e. The van der Waals surface area contributed by atoms with Crippen LogP contribution in [0.1, 0.15) is 54.4 Å². The van der Waals surface area contributed by atoms with Crippen molar-refractivity contribution in [3.8, 4) is 159 Å². The molecule has 0 atom stereocenters. The minimum atomic E-state index is -0.105. The first-order valence-corrected chi connectivity index (χ1v) is 49.1. The minimum absolute atomic E-state index is 0.0206. The maximum Gasteiger partial charge on any atom is 0.224 e. The van der Waals surface area contributed by atoms with Crippen LogP contribution in [0.15, 0.2) is 371 Å². The molecule has 2 amide bonds. The molecule has 1 aliphatic heterocycles. The summed E-state index contributed by atoms with van der Waals surface area (Å²) in [4.78, 5) is 111. The monoisotopic (exact) mass is 1930 g/mol. The normalized spacial score (nSPS) is 11.7. The van der Waals surface area contributed by atoms with Crippen LogP contribution in [-0.2, 0) is 9.59 Å². The maximum absolute atomic E-state index is 12.0. The summed E-state index contributed by atoms with van der Waals surface area (Å²) < 4.78 is 0. The van der Waals surface area contributed by atoms with Gasteiger partial charge in [-0.2, -0.15) is 0 Å². The van der Waals surface area contributed by atoms with E-state index in [9.17, 15) is 9.59 Å². The second kappa shape index (κ2) is 42.3. The number of hydrogen-bond donors (Lipinski definition) is 12. The number of aromatic nitrogens is 20. The van der Waals surface area contributed by atoms with Crippen molar-refractivity contribution < 1.29 is 9.59 Å². The third-order valence-corrected chi connectivity index (χ3v) is 25.6. The van der Waals surface area contributed by atoms with E-state index in [0.717, 1.165) is 250 Å². The van der Waals surface area contributed by atoms with Crippen molar-refractivity contribution in [3.05, 3.63) is 371 Å². The molecule has 0 spiro atoms. The fourth-order valence-corrected chi connectivity index (χ4v) is 18.6. The van der Waals surface area contributed by atoms with Gasteiger partial charge in [-0.3, -0.25) is 9.59 Å². The van der Waals surface area contributed by atoms with E-state index >= 15 is 0 Å². The predicted molar refractivity (Wildman–Crippen MR) is 594 cm³/mol. The molecule has 27 nitrogen and oxygen atoms in total. The van der Waals surface area contributed by atoms with E-state index in [2.05, 4.69) is 236 Å². The van der Waals surface area contributed by atoms with Crippen molar-refractivity contribution in [1.82, 2.24) is 99.7 Å². The lowest BCUT2D eigenvalue weighted by Crippen LogP contribution is -2.34. The Hall–Kier alpha value is -19.2. The van der Waals surface area contributed by atoms with E-state index in [1.807, 2.05) is 259 Å². The number of aromatic amines is 10. The van der Waals surface area contributed by atoms with Crippen molar-refractivity contribution in [2.45, 2.75) is 66.5 Å². The van der Waals surface area contributed by atoms with Gasteiger partial charge in [0.25, 0.3) is 0 Å². The molecular weight excluding hydrogens is 1820 g/mol. The Balaban J connectivity index is 0.000000108. The summed E-state index contributed by atoms with van der Waals surface area (Å²) in [5.41, 5.74) is 32.9. The Morgan fingerprint density at radius 1 is 0.313 bits per heavy atom. The number of carbonyl (C=O) groups excluding carboxylic acids is 2. The minimum Gasteiger partial charge on any atom is -0.383 e. The molecule has 0 bridgehead atoms. The molecule has 1 saturated heterocycles. The lowest BCUT2D eigenvalue weighted by Gasteiger charge is -2.25. The number of fused-ring (bicyclic) bond motifs is 5. The Morgan fingerprint density at radius 2 is 0.612 bits per heavy atom. The molecule has 147 heavy (non-hydrogen) atoms. The number of hydrogen-bond acceptors (Lipinski definition) is 15. The molecule has 24 aromatic rings. The topological polar surface area (TPSA) is 355 Å². The highest BCUT2D eigenvalue weighted by molar-refractivity contribution is 5.97. The summed E-state index contributed by atoms with van der Waals surface area (Å²) in [5.74, 6) is 8.04. The number of rotatable bonds is 21. The van der Waals surface area contributed by atoms with Crippen molar-refractivity contribution in [3.63, 3.8) is 0 Å². The molecule has 14 aromatic carbocycles. The van der Waals surface area contributed by atoms with Gasteiger partial charge in [0.2, 0.25) is 11.8 Å². The molecule has 724 valence electrons. The average molecular weight is 1930 g/mol. The second-order valence-electron chi connectivity index (χ2n) is 36.8. The van der Waals surface area contributed by atoms with Crippen molar-refractivity contribution >= 4 is 95.4 Å². The zero-order valence-electron chi connectivity index (χ0n) is 82.3. The zero-order valence-corrected chi connectivity index (χ0v) is 82.3. The van der Waals surface area contributed by atoms with Gasteiger partial charge in [-0.1, -0.05) is 243 Å². The lowest BCUT2D eigenvalue weighted by molar-refractivity contribution is -0.117. The molecular formula is C120H107N25O2. The van der Waals surface area contributed by atoms with Gasteiger partial charge in [0.15, 0.2) is 0 Å². The highest BCUT2D eigenvalue weighted by Crippen LogP contribution is 2.40. The van der Waals surface area contributed by atoms with Crippen LogP contribution >= 0.6 is 0 Å². The fourth-order valence-electron chi connectivity index (χ4n) is 18.6. The smallest absolute Gasteiger partial charge is 0.224 e. The van der Waals surface area contributed by atoms with Crippen LogP contribution in [0.25, 0.3) is 214 Å². The van der Waals surface area contributed by atoms with Gasteiger partial charge in [0, 0.05) is 150 Å². The maximum atomic E-state index is 12.0. The van der Waals surface area contributed by atoms with E-state index in [-0.39, 0.29) is 17.9 Å². The van der Waals surface area contributed by atoms with Gasteiger partial charge < -0.3 is 75.2 Å².